The Morgan fingerprint density at radius 3 is 2.48 bits per heavy atom. The number of carbonyl (C=O) groups is 2. The van der Waals surface area contributed by atoms with Crippen LogP contribution in [0.5, 0.6) is 5.75 Å². The Morgan fingerprint density at radius 2 is 1.84 bits per heavy atom. The van der Waals surface area contributed by atoms with Gasteiger partial charge < -0.3 is 9.47 Å². The van der Waals surface area contributed by atoms with Crippen LogP contribution < -0.4 is 15.6 Å². The topological polar surface area (TPSA) is 89.5 Å². The van der Waals surface area contributed by atoms with Crippen LogP contribution in [0.25, 0.3) is 0 Å². The first-order valence-electron chi connectivity index (χ1n) is 7.66. The molecule has 0 atom stereocenters. The van der Waals surface area contributed by atoms with Crippen molar-refractivity contribution >= 4 is 23.3 Å². The van der Waals surface area contributed by atoms with E-state index in [-0.39, 0.29) is 12.3 Å². The molecule has 7 nitrogen and oxygen atoms in total. The van der Waals surface area contributed by atoms with E-state index in [0.717, 1.165) is 11.3 Å². The second-order valence-corrected chi connectivity index (χ2v) is 7.25. The van der Waals surface area contributed by atoms with E-state index in [1.165, 1.54) is 11.3 Å². The largest absolute Gasteiger partial charge is 0.486 e. The minimum atomic E-state index is -0.737. The summed E-state index contributed by atoms with van der Waals surface area (Å²) in [6.07, 6.45) is -0.737. The van der Waals surface area contributed by atoms with Gasteiger partial charge in [0.2, 0.25) is 0 Å². The highest BCUT2D eigenvalue weighted by molar-refractivity contribution is 7.09. The molecule has 134 valence electrons. The maximum atomic E-state index is 12.0. The Labute approximate surface area is 150 Å². The fourth-order valence-electron chi connectivity index (χ4n) is 1.74. The third-order valence-corrected chi connectivity index (χ3v) is 3.67. The van der Waals surface area contributed by atoms with Crippen molar-refractivity contribution in [1.82, 2.24) is 15.8 Å². The highest BCUT2D eigenvalue weighted by atomic mass is 32.1. The molecule has 2 aromatic rings. The van der Waals surface area contributed by atoms with Gasteiger partial charge in [-0.15, -0.1) is 11.3 Å². The van der Waals surface area contributed by atoms with Crippen molar-refractivity contribution in [3.63, 3.8) is 0 Å². The monoisotopic (exact) mass is 363 g/mol. The average molecular weight is 363 g/mol. The highest BCUT2D eigenvalue weighted by Crippen LogP contribution is 2.16. The van der Waals surface area contributed by atoms with Gasteiger partial charge in [-0.05, 0) is 39.8 Å². The summed E-state index contributed by atoms with van der Waals surface area (Å²) in [5.74, 6) is 0.210. The van der Waals surface area contributed by atoms with Crippen molar-refractivity contribution in [1.29, 1.82) is 0 Å². The molecule has 0 aliphatic heterocycles. The summed E-state index contributed by atoms with van der Waals surface area (Å²) in [6, 6.07) is 7.67. The summed E-state index contributed by atoms with van der Waals surface area (Å²) in [6.45, 7) is 7.46. The van der Waals surface area contributed by atoms with Gasteiger partial charge in [-0.1, -0.05) is 17.7 Å². The zero-order valence-corrected chi connectivity index (χ0v) is 15.4. The molecule has 0 bridgehead atoms. The molecule has 1 aromatic carbocycles. The number of ether oxygens (including phenoxy) is 2. The number of carbonyl (C=O) groups excluding carboxylic acids is 2. The molecule has 1 heterocycles. The SMILES string of the molecule is Cc1ccc(OCc2nc(C(=O)NNC(=O)OC(C)(C)C)cs2)cc1. The maximum Gasteiger partial charge on any atom is 0.426 e. The Balaban J connectivity index is 1.82. The van der Waals surface area contributed by atoms with Crippen LogP contribution in [0.1, 0.15) is 41.8 Å². The van der Waals surface area contributed by atoms with Crippen molar-refractivity contribution in [3.8, 4) is 5.75 Å². The number of nitrogens with one attached hydrogen (secondary N) is 2. The van der Waals surface area contributed by atoms with Gasteiger partial charge in [0.05, 0.1) is 0 Å². The Morgan fingerprint density at radius 1 is 1.16 bits per heavy atom. The molecule has 0 aliphatic carbocycles. The normalized spacial score (nSPS) is 10.9. The Bertz CT molecular complexity index is 735. The van der Waals surface area contributed by atoms with Crippen molar-refractivity contribution in [2.24, 2.45) is 0 Å². The number of hydrogen-bond acceptors (Lipinski definition) is 6. The molecule has 25 heavy (non-hydrogen) atoms. The number of thiazole rings is 1. The van der Waals surface area contributed by atoms with Gasteiger partial charge in [-0.2, -0.15) is 0 Å². The number of hydrazine groups is 1. The van der Waals surface area contributed by atoms with E-state index in [2.05, 4.69) is 15.8 Å². The van der Waals surface area contributed by atoms with E-state index < -0.39 is 17.6 Å². The summed E-state index contributed by atoms with van der Waals surface area (Å²) in [4.78, 5) is 27.6. The van der Waals surface area contributed by atoms with Crippen LogP contribution in [0, 0.1) is 6.92 Å². The Kier molecular flexibility index (Phi) is 5.97. The third kappa shape index (κ3) is 6.42. The van der Waals surface area contributed by atoms with Gasteiger partial charge in [0.25, 0.3) is 5.91 Å². The van der Waals surface area contributed by atoms with Crippen molar-refractivity contribution in [2.75, 3.05) is 0 Å². The second kappa shape index (κ2) is 7.98. The van der Waals surface area contributed by atoms with Gasteiger partial charge in [0, 0.05) is 5.38 Å². The third-order valence-electron chi connectivity index (χ3n) is 2.84. The molecule has 8 heteroatoms. The minimum absolute atomic E-state index is 0.198. The van der Waals surface area contributed by atoms with Crippen LogP contribution in [0.3, 0.4) is 0 Å². The first kappa shape index (κ1) is 18.7. The minimum Gasteiger partial charge on any atom is -0.486 e. The first-order chi connectivity index (χ1) is 11.7. The molecule has 2 amide bonds. The van der Waals surface area contributed by atoms with E-state index in [9.17, 15) is 9.59 Å². The number of amides is 2. The molecular weight excluding hydrogens is 342 g/mol. The van der Waals surface area contributed by atoms with Crippen LogP contribution in [-0.2, 0) is 11.3 Å². The van der Waals surface area contributed by atoms with Crippen LogP contribution in [0.2, 0.25) is 0 Å². The molecule has 0 saturated carbocycles. The number of benzene rings is 1. The molecule has 2 rings (SSSR count). The van der Waals surface area contributed by atoms with Crippen LogP contribution >= 0.6 is 11.3 Å². The zero-order valence-electron chi connectivity index (χ0n) is 14.6. The summed E-state index contributed by atoms with van der Waals surface area (Å²) >= 11 is 1.30. The molecule has 0 fully saturated rings. The van der Waals surface area contributed by atoms with Crippen LogP contribution in [0.4, 0.5) is 4.79 Å². The van der Waals surface area contributed by atoms with E-state index >= 15 is 0 Å². The second-order valence-electron chi connectivity index (χ2n) is 6.31. The lowest BCUT2D eigenvalue weighted by atomic mass is 10.2. The van der Waals surface area contributed by atoms with E-state index in [4.69, 9.17) is 9.47 Å². The van der Waals surface area contributed by atoms with Crippen LogP contribution in [0.15, 0.2) is 29.6 Å². The van der Waals surface area contributed by atoms with Gasteiger partial charge in [0.15, 0.2) is 0 Å². The van der Waals surface area contributed by atoms with E-state index in [0.29, 0.717) is 5.01 Å². The highest BCUT2D eigenvalue weighted by Gasteiger charge is 2.17. The van der Waals surface area contributed by atoms with Crippen LogP contribution in [-0.4, -0.2) is 22.6 Å². The maximum absolute atomic E-state index is 12.0. The fraction of sp³-hybridized carbons (Fsp3) is 0.353. The number of aryl methyl sites for hydroxylation is 1. The van der Waals surface area contributed by atoms with Gasteiger partial charge >= 0.3 is 6.09 Å². The van der Waals surface area contributed by atoms with Crippen molar-refractivity contribution in [3.05, 3.63) is 45.9 Å². The summed E-state index contributed by atoms with van der Waals surface area (Å²) < 4.78 is 10.6. The number of rotatable bonds is 4. The molecule has 0 aliphatic rings. The lowest BCUT2D eigenvalue weighted by molar-refractivity contribution is 0.0483. The standard InChI is InChI=1S/C17H21N3O4S/c1-11-5-7-12(8-6-11)23-9-14-18-13(10-25-14)15(21)19-20-16(22)24-17(2,3)4/h5-8,10H,9H2,1-4H3,(H,19,21)(H,20,22). The van der Waals surface area contributed by atoms with Crippen molar-refractivity contribution in [2.45, 2.75) is 39.9 Å². The summed E-state index contributed by atoms with van der Waals surface area (Å²) in [5, 5.41) is 2.25. The fourth-order valence-corrected chi connectivity index (χ4v) is 2.42. The van der Waals surface area contributed by atoms with Gasteiger partial charge in [0.1, 0.15) is 28.7 Å². The van der Waals surface area contributed by atoms with Gasteiger partial charge in [-0.25, -0.2) is 15.2 Å². The Hall–Kier alpha value is -2.61. The molecule has 0 saturated heterocycles. The quantitative estimate of drug-likeness (QED) is 0.814. The predicted octanol–water partition coefficient (Wildman–Crippen LogP) is 3.20. The predicted molar refractivity (Wildman–Crippen MR) is 94.5 cm³/mol. The molecule has 1 aromatic heterocycles. The summed E-state index contributed by atoms with van der Waals surface area (Å²) in [5.41, 5.74) is 5.14. The van der Waals surface area contributed by atoms with E-state index in [1.807, 2.05) is 31.2 Å². The average Bonchev–Trinajstić information content (AvgIpc) is 2.99. The number of hydrogen-bond donors (Lipinski definition) is 2. The molecular formula is C17H21N3O4S. The molecule has 0 radical (unpaired) electrons. The number of aromatic nitrogens is 1. The van der Waals surface area contributed by atoms with E-state index in [1.54, 1.807) is 26.2 Å². The first-order valence-corrected chi connectivity index (χ1v) is 8.54. The van der Waals surface area contributed by atoms with Crippen molar-refractivity contribution < 1.29 is 19.1 Å². The smallest absolute Gasteiger partial charge is 0.426 e. The summed E-state index contributed by atoms with van der Waals surface area (Å²) in [7, 11) is 0. The molecule has 0 spiro atoms. The molecule has 2 N–H and O–H groups in total. The lowest BCUT2D eigenvalue weighted by Crippen LogP contribution is -2.44. The lowest BCUT2D eigenvalue weighted by Gasteiger charge is -2.19. The van der Waals surface area contributed by atoms with Gasteiger partial charge in [-0.3, -0.25) is 10.2 Å². The number of nitrogens with zero attached hydrogens (tertiary/aromatic N) is 1. The molecule has 0 unspecified atom stereocenters. The zero-order chi connectivity index (χ0) is 18.4.